The number of carbonyl (C=O) groups excluding carboxylic acids is 1. The third-order valence-corrected chi connectivity index (χ3v) is 5.62. The normalized spacial score (nSPS) is 10.8. The van der Waals surface area contributed by atoms with Crippen molar-refractivity contribution in [3.05, 3.63) is 89.5 Å². The van der Waals surface area contributed by atoms with E-state index >= 15 is 0 Å². The number of nitrogens with zero attached hydrogens (tertiary/aromatic N) is 1. The van der Waals surface area contributed by atoms with E-state index in [1.807, 2.05) is 6.92 Å². The molecule has 0 aromatic heterocycles. The molecule has 146 valence electrons. The monoisotopic (exact) mass is 405 g/mol. The predicted molar refractivity (Wildman–Crippen MR) is 112 cm³/mol. The molecular formula is C22H19N3O3S. The summed E-state index contributed by atoms with van der Waals surface area (Å²) < 4.78 is 27.8. The molecule has 1 amide bonds. The van der Waals surface area contributed by atoms with Gasteiger partial charge in [0.15, 0.2) is 0 Å². The number of aryl methyl sites for hydroxylation is 1. The van der Waals surface area contributed by atoms with Gasteiger partial charge in [-0.3, -0.25) is 9.52 Å². The smallest absolute Gasteiger partial charge is 0.261 e. The molecule has 29 heavy (non-hydrogen) atoms. The number of carbonyl (C=O) groups is 1. The van der Waals surface area contributed by atoms with E-state index in [1.54, 1.807) is 54.6 Å². The molecule has 3 rings (SSSR count). The minimum atomic E-state index is -3.83. The van der Waals surface area contributed by atoms with E-state index in [0.29, 0.717) is 5.69 Å². The lowest BCUT2D eigenvalue weighted by molar-refractivity contribution is 0.102. The SMILES string of the molecule is Cc1ccc(S(=O)(=O)Nc2ccccc2C(=O)Nc2ccc(CC#N)cc2)cc1. The average molecular weight is 405 g/mol. The van der Waals surface area contributed by atoms with Crippen molar-refractivity contribution in [1.82, 2.24) is 0 Å². The van der Waals surface area contributed by atoms with E-state index < -0.39 is 15.9 Å². The summed E-state index contributed by atoms with van der Waals surface area (Å²) in [5.74, 6) is -0.444. The van der Waals surface area contributed by atoms with Gasteiger partial charge in [0.25, 0.3) is 15.9 Å². The van der Waals surface area contributed by atoms with Gasteiger partial charge < -0.3 is 5.32 Å². The van der Waals surface area contributed by atoms with Gasteiger partial charge in [-0.1, -0.05) is 42.0 Å². The lowest BCUT2D eigenvalue weighted by atomic mass is 10.1. The Balaban J connectivity index is 1.82. The van der Waals surface area contributed by atoms with Crippen LogP contribution in [0.15, 0.2) is 77.7 Å². The first kappa shape index (κ1) is 20.1. The van der Waals surface area contributed by atoms with E-state index in [-0.39, 0.29) is 22.6 Å². The summed E-state index contributed by atoms with van der Waals surface area (Å²) in [7, 11) is -3.83. The maximum Gasteiger partial charge on any atom is 0.261 e. The molecule has 3 aromatic carbocycles. The van der Waals surface area contributed by atoms with Crippen LogP contribution in [0.5, 0.6) is 0 Å². The van der Waals surface area contributed by atoms with Crippen LogP contribution in [0.3, 0.4) is 0 Å². The quantitative estimate of drug-likeness (QED) is 0.644. The van der Waals surface area contributed by atoms with Crippen LogP contribution < -0.4 is 10.0 Å². The highest BCUT2D eigenvalue weighted by Gasteiger charge is 2.18. The molecule has 6 nitrogen and oxygen atoms in total. The van der Waals surface area contributed by atoms with Gasteiger partial charge in [0.05, 0.1) is 28.6 Å². The fraction of sp³-hybridized carbons (Fsp3) is 0.0909. The number of rotatable bonds is 6. The summed E-state index contributed by atoms with van der Waals surface area (Å²) in [6.45, 7) is 1.87. The third kappa shape index (κ3) is 5.00. The number of hydrogen-bond acceptors (Lipinski definition) is 4. The van der Waals surface area contributed by atoms with E-state index in [0.717, 1.165) is 11.1 Å². The Labute approximate surface area is 169 Å². The molecule has 0 unspecified atom stereocenters. The Morgan fingerprint density at radius 3 is 2.28 bits per heavy atom. The van der Waals surface area contributed by atoms with Gasteiger partial charge in [0.1, 0.15) is 0 Å². The number of sulfonamides is 1. The van der Waals surface area contributed by atoms with Crippen LogP contribution in [-0.2, 0) is 16.4 Å². The first-order valence-electron chi connectivity index (χ1n) is 8.85. The Morgan fingerprint density at radius 2 is 1.62 bits per heavy atom. The zero-order valence-corrected chi connectivity index (χ0v) is 16.5. The van der Waals surface area contributed by atoms with Crippen LogP contribution in [0.4, 0.5) is 11.4 Å². The van der Waals surface area contributed by atoms with Gasteiger partial charge in [-0.25, -0.2) is 8.42 Å². The number of hydrogen-bond donors (Lipinski definition) is 2. The van der Waals surface area contributed by atoms with Crippen molar-refractivity contribution in [2.75, 3.05) is 10.0 Å². The molecule has 0 atom stereocenters. The highest BCUT2D eigenvalue weighted by atomic mass is 32.2. The van der Waals surface area contributed by atoms with Crippen molar-refractivity contribution >= 4 is 27.3 Å². The van der Waals surface area contributed by atoms with E-state index in [9.17, 15) is 13.2 Å². The third-order valence-electron chi connectivity index (χ3n) is 4.24. The van der Waals surface area contributed by atoms with Crippen molar-refractivity contribution in [3.8, 4) is 6.07 Å². The molecule has 0 radical (unpaired) electrons. The molecule has 0 spiro atoms. The van der Waals surface area contributed by atoms with Gasteiger partial charge in [-0.2, -0.15) is 5.26 Å². The van der Waals surface area contributed by atoms with Crippen LogP contribution >= 0.6 is 0 Å². The van der Waals surface area contributed by atoms with Crippen LogP contribution in [0.2, 0.25) is 0 Å². The fourth-order valence-electron chi connectivity index (χ4n) is 2.69. The minimum absolute atomic E-state index is 0.117. The fourth-order valence-corrected chi connectivity index (χ4v) is 3.77. The molecule has 0 saturated carbocycles. The molecule has 2 N–H and O–H groups in total. The van der Waals surface area contributed by atoms with Gasteiger partial charge in [-0.05, 0) is 48.9 Å². The summed E-state index contributed by atoms with van der Waals surface area (Å²) in [5.41, 5.74) is 2.73. The van der Waals surface area contributed by atoms with E-state index in [2.05, 4.69) is 16.1 Å². The van der Waals surface area contributed by atoms with Crippen molar-refractivity contribution in [2.24, 2.45) is 0 Å². The molecule has 7 heteroatoms. The van der Waals surface area contributed by atoms with Gasteiger partial charge in [0, 0.05) is 5.69 Å². The average Bonchev–Trinajstić information content (AvgIpc) is 2.70. The Morgan fingerprint density at radius 1 is 0.966 bits per heavy atom. The van der Waals surface area contributed by atoms with Crippen LogP contribution in [0.1, 0.15) is 21.5 Å². The van der Waals surface area contributed by atoms with Gasteiger partial charge in [0.2, 0.25) is 0 Å². The largest absolute Gasteiger partial charge is 0.322 e. The van der Waals surface area contributed by atoms with E-state index in [4.69, 9.17) is 5.26 Å². The summed E-state index contributed by atoms with van der Waals surface area (Å²) >= 11 is 0. The first-order valence-corrected chi connectivity index (χ1v) is 10.3. The minimum Gasteiger partial charge on any atom is -0.322 e. The second-order valence-electron chi connectivity index (χ2n) is 6.45. The highest BCUT2D eigenvalue weighted by molar-refractivity contribution is 7.92. The topological polar surface area (TPSA) is 99.1 Å². The zero-order chi connectivity index (χ0) is 20.9. The number of para-hydroxylation sites is 1. The molecule has 3 aromatic rings. The summed E-state index contributed by atoms with van der Waals surface area (Å²) in [4.78, 5) is 12.8. The van der Waals surface area contributed by atoms with Crippen molar-refractivity contribution < 1.29 is 13.2 Å². The predicted octanol–water partition coefficient (Wildman–Crippen LogP) is 4.11. The highest BCUT2D eigenvalue weighted by Crippen LogP contribution is 2.22. The number of benzene rings is 3. The number of anilines is 2. The molecule has 0 aliphatic heterocycles. The molecule has 0 aliphatic rings. The second-order valence-corrected chi connectivity index (χ2v) is 8.13. The lowest BCUT2D eigenvalue weighted by Gasteiger charge is -2.13. The molecule has 0 heterocycles. The van der Waals surface area contributed by atoms with Crippen LogP contribution in [0.25, 0.3) is 0 Å². The van der Waals surface area contributed by atoms with Gasteiger partial charge >= 0.3 is 0 Å². The summed E-state index contributed by atoms with van der Waals surface area (Å²) in [6, 6.07) is 21.8. The maximum atomic E-state index is 12.7. The molecule has 0 saturated heterocycles. The maximum absolute atomic E-state index is 12.7. The Kier molecular flexibility index (Phi) is 5.96. The molecule has 0 aliphatic carbocycles. The summed E-state index contributed by atoms with van der Waals surface area (Å²) in [5, 5.41) is 11.5. The van der Waals surface area contributed by atoms with Crippen molar-refractivity contribution in [3.63, 3.8) is 0 Å². The standard InChI is InChI=1S/C22H19N3O3S/c1-16-6-12-19(13-7-16)29(27,28)25-21-5-3-2-4-20(21)22(26)24-18-10-8-17(9-11-18)14-15-23/h2-13,25H,14H2,1H3,(H,24,26). The summed E-state index contributed by atoms with van der Waals surface area (Å²) in [6.07, 6.45) is 0.290. The number of amides is 1. The van der Waals surface area contributed by atoms with Gasteiger partial charge in [-0.15, -0.1) is 0 Å². The zero-order valence-electron chi connectivity index (χ0n) is 15.7. The van der Waals surface area contributed by atoms with E-state index in [1.165, 1.54) is 18.2 Å². The van der Waals surface area contributed by atoms with Crippen molar-refractivity contribution in [2.45, 2.75) is 18.2 Å². The van der Waals surface area contributed by atoms with Crippen molar-refractivity contribution in [1.29, 1.82) is 5.26 Å². The number of nitrogens with one attached hydrogen (secondary N) is 2. The molecule has 0 fully saturated rings. The molecular weight excluding hydrogens is 386 g/mol. The Bertz CT molecular complexity index is 1160. The number of nitriles is 1. The lowest BCUT2D eigenvalue weighted by Crippen LogP contribution is -2.18. The molecule has 0 bridgehead atoms. The van der Waals surface area contributed by atoms with Crippen LogP contribution in [0, 0.1) is 18.3 Å². The first-order chi connectivity index (χ1) is 13.9. The van der Waals surface area contributed by atoms with Crippen LogP contribution in [-0.4, -0.2) is 14.3 Å². The second kappa shape index (κ2) is 8.59. The Hall–Kier alpha value is -3.63.